The highest BCUT2D eigenvalue weighted by Crippen LogP contribution is 2.23. The molecule has 1 rings (SSSR count). The molecule has 6 nitrogen and oxygen atoms in total. The van der Waals surface area contributed by atoms with Crippen LogP contribution in [0, 0.1) is 0 Å². The van der Waals surface area contributed by atoms with Gasteiger partial charge >= 0.3 is 17.9 Å². The summed E-state index contributed by atoms with van der Waals surface area (Å²) in [6.07, 6.45) is 0.892. The van der Waals surface area contributed by atoms with E-state index in [9.17, 15) is 14.4 Å². The Balaban J connectivity index is 3.29. The topological polar surface area (TPSA) is 89.9 Å². The third kappa shape index (κ3) is 3.41. The second kappa shape index (κ2) is 6.34. The second-order valence-corrected chi connectivity index (χ2v) is 3.33. The van der Waals surface area contributed by atoms with Crippen LogP contribution in [0.5, 0.6) is 5.75 Å². The maximum atomic E-state index is 11.6. The second-order valence-electron chi connectivity index (χ2n) is 3.33. The first-order valence-electron chi connectivity index (χ1n) is 5.39. The number of carboxylic acid groups (broad SMARTS) is 1. The van der Waals surface area contributed by atoms with E-state index in [0.29, 0.717) is 0 Å². The SMILES string of the molecule is C=CC(=O)Oc1cccc(C(=O)OCC)c1C(=O)O. The minimum atomic E-state index is -1.39. The Morgan fingerprint density at radius 3 is 2.58 bits per heavy atom. The first kappa shape index (κ1) is 14.4. The number of aromatic carboxylic acids is 1. The Morgan fingerprint density at radius 1 is 1.37 bits per heavy atom. The van der Waals surface area contributed by atoms with Crippen molar-refractivity contribution in [1.29, 1.82) is 0 Å². The van der Waals surface area contributed by atoms with E-state index in [-0.39, 0.29) is 17.9 Å². The van der Waals surface area contributed by atoms with Crippen LogP contribution in [0.2, 0.25) is 0 Å². The highest BCUT2D eigenvalue weighted by Gasteiger charge is 2.23. The number of ether oxygens (including phenoxy) is 2. The van der Waals surface area contributed by atoms with Gasteiger partial charge in [0.2, 0.25) is 0 Å². The molecule has 0 unspecified atom stereocenters. The third-order valence-corrected chi connectivity index (χ3v) is 2.11. The lowest BCUT2D eigenvalue weighted by molar-refractivity contribution is -0.128. The Bertz CT molecular complexity index is 532. The molecule has 0 bridgehead atoms. The molecule has 6 heteroatoms. The van der Waals surface area contributed by atoms with E-state index >= 15 is 0 Å². The summed E-state index contributed by atoms with van der Waals surface area (Å²) in [7, 11) is 0. The van der Waals surface area contributed by atoms with Crippen molar-refractivity contribution in [3.05, 3.63) is 42.0 Å². The van der Waals surface area contributed by atoms with Crippen LogP contribution in [0.25, 0.3) is 0 Å². The fourth-order valence-corrected chi connectivity index (χ4v) is 1.37. The number of esters is 2. The van der Waals surface area contributed by atoms with Crippen LogP contribution in [0.3, 0.4) is 0 Å². The molecular weight excluding hydrogens is 252 g/mol. The van der Waals surface area contributed by atoms with Gasteiger partial charge in [-0.1, -0.05) is 12.6 Å². The smallest absolute Gasteiger partial charge is 0.340 e. The van der Waals surface area contributed by atoms with E-state index in [1.807, 2.05) is 0 Å². The number of carbonyl (C=O) groups excluding carboxylic acids is 2. The highest BCUT2D eigenvalue weighted by atomic mass is 16.5. The maximum Gasteiger partial charge on any atom is 0.340 e. The van der Waals surface area contributed by atoms with Crippen molar-refractivity contribution in [2.24, 2.45) is 0 Å². The zero-order valence-corrected chi connectivity index (χ0v) is 10.2. The van der Waals surface area contributed by atoms with Crippen molar-refractivity contribution >= 4 is 17.9 Å². The quantitative estimate of drug-likeness (QED) is 0.494. The van der Waals surface area contributed by atoms with Crippen LogP contribution < -0.4 is 4.74 Å². The Hall–Kier alpha value is -2.63. The minimum Gasteiger partial charge on any atom is -0.478 e. The summed E-state index contributed by atoms with van der Waals surface area (Å²) < 4.78 is 9.52. The summed E-state index contributed by atoms with van der Waals surface area (Å²) in [5, 5.41) is 9.12. The third-order valence-electron chi connectivity index (χ3n) is 2.11. The summed E-state index contributed by atoms with van der Waals surface area (Å²) >= 11 is 0. The molecule has 0 spiro atoms. The number of carbonyl (C=O) groups is 3. The van der Waals surface area contributed by atoms with Crippen molar-refractivity contribution in [3.8, 4) is 5.75 Å². The molecule has 0 aromatic heterocycles. The molecule has 0 amide bonds. The summed E-state index contributed by atoms with van der Waals surface area (Å²) in [6.45, 7) is 4.91. The Morgan fingerprint density at radius 2 is 2.05 bits per heavy atom. The summed E-state index contributed by atoms with van der Waals surface area (Å²) in [6, 6.07) is 3.95. The lowest BCUT2D eigenvalue weighted by Crippen LogP contribution is -2.15. The molecule has 0 saturated heterocycles. The predicted molar refractivity (Wildman–Crippen MR) is 65.2 cm³/mol. The van der Waals surface area contributed by atoms with Crippen LogP contribution in [0.1, 0.15) is 27.6 Å². The monoisotopic (exact) mass is 264 g/mol. The molecule has 0 aliphatic carbocycles. The van der Waals surface area contributed by atoms with E-state index in [1.54, 1.807) is 6.92 Å². The van der Waals surface area contributed by atoms with Gasteiger partial charge in [-0.2, -0.15) is 0 Å². The van der Waals surface area contributed by atoms with E-state index in [1.165, 1.54) is 18.2 Å². The molecule has 0 aliphatic rings. The van der Waals surface area contributed by atoms with Crippen LogP contribution in [0.4, 0.5) is 0 Å². The number of hydrogen-bond acceptors (Lipinski definition) is 5. The maximum absolute atomic E-state index is 11.6. The van der Waals surface area contributed by atoms with Crippen LogP contribution in [-0.2, 0) is 9.53 Å². The average Bonchev–Trinajstić information content (AvgIpc) is 2.38. The van der Waals surface area contributed by atoms with E-state index < -0.39 is 23.5 Å². The molecule has 1 N–H and O–H groups in total. The fourth-order valence-electron chi connectivity index (χ4n) is 1.37. The van der Waals surface area contributed by atoms with E-state index in [4.69, 9.17) is 14.6 Å². The molecule has 1 aromatic rings. The van der Waals surface area contributed by atoms with Crippen molar-refractivity contribution in [2.45, 2.75) is 6.92 Å². The first-order valence-corrected chi connectivity index (χ1v) is 5.39. The molecule has 100 valence electrons. The molecule has 0 fully saturated rings. The molecule has 0 saturated carbocycles. The van der Waals surface area contributed by atoms with Gasteiger partial charge in [-0.3, -0.25) is 0 Å². The van der Waals surface area contributed by atoms with Gasteiger partial charge in [0.1, 0.15) is 11.3 Å². The summed E-state index contributed by atoms with van der Waals surface area (Å²) in [4.78, 5) is 33.9. The van der Waals surface area contributed by atoms with Crippen LogP contribution in [-0.4, -0.2) is 29.6 Å². The summed E-state index contributed by atoms with van der Waals surface area (Å²) in [5.41, 5.74) is -0.597. The Labute approximate surface area is 109 Å². The summed E-state index contributed by atoms with van der Waals surface area (Å²) in [5.74, 6) is -3.24. The lowest BCUT2D eigenvalue weighted by atomic mass is 10.1. The number of carboxylic acids is 1. The van der Waals surface area contributed by atoms with Crippen molar-refractivity contribution < 1.29 is 29.0 Å². The van der Waals surface area contributed by atoms with Gasteiger partial charge in [-0.05, 0) is 19.1 Å². The molecule has 19 heavy (non-hydrogen) atoms. The fraction of sp³-hybridized carbons (Fsp3) is 0.154. The first-order chi connectivity index (χ1) is 9.01. The van der Waals surface area contributed by atoms with Gasteiger partial charge in [0.15, 0.2) is 0 Å². The largest absolute Gasteiger partial charge is 0.478 e. The normalized spacial score (nSPS) is 9.53. The Kier molecular flexibility index (Phi) is 4.82. The van der Waals surface area contributed by atoms with Crippen molar-refractivity contribution in [1.82, 2.24) is 0 Å². The van der Waals surface area contributed by atoms with Gasteiger partial charge in [0.05, 0.1) is 12.2 Å². The number of rotatable bonds is 5. The van der Waals surface area contributed by atoms with Crippen molar-refractivity contribution in [3.63, 3.8) is 0 Å². The van der Waals surface area contributed by atoms with Crippen molar-refractivity contribution in [2.75, 3.05) is 6.61 Å². The van der Waals surface area contributed by atoms with Gasteiger partial charge in [0.25, 0.3) is 0 Å². The van der Waals surface area contributed by atoms with Gasteiger partial charge in [-0.15, -0.1) is 0 Å². The van der Waals surface area contributed by atoms with Crippen LogP contribution >= 0.6 is 0 Å². The molecule has 0 heterocycles. The number of benzene rings is 1. The zero-order valence-electron chi connectivity index (χ0n) is 10.2. The van der Waals surface area contributed by atoms with Gasteiger partial charge < -0.3 is 14.6 Å². The van der Waals surface area contributed by atoms with E-state index in [0.717, 1.165) is 6.08 Å². The van der Waals surface area contributed by atoms with E-state index in [2.05, 4.69) is 6.58 Å². The average molecular weight is 264 g/mol. The molecule has 1 aromatic carbocycles. The van der Waals surface area contributed by atoms with Gasteiger partial charge in [0, 0.05) is 6.08 Å². The predicted octanol–water partition coefficient (Wildman–Crippen LogP) is 1.65. The minimum absolute atomic E-state index is 0.106. The zero-order chi connectivity index (χ0) is 14.4. The molecule has 0 aliphatic heterocycles. The number of hydrogen-bond donors (Lipinski definition) is 1. The lowest BCUT2D eigenvalue weighted by Gasteiger charge is -2.10. The van der Waals surface area contributed by atoms with Crippen LogP contribution in [0.15, 0.2) is 30.9 Å². The highest BCUT2D eigenvalue weighted by molar-refractivity contribution is 6.05. The molecular formula is C13H12O6. The standard InChI is InChI=1S/C13H12O6/c1-3-10(14)19-9-7-5-6-8(11(9)12(15)16)13(17)18-4-2/h3,5-7H,1,4H2,2H3,(H,15,16). The van der Waals surface area contributed by atoms with Gasteiger partial charge in [-0.25, -0.2) is 14.4 Å². The molecule has 0 radical (unpaired) electrons. The molecule has 0 atom stereocenters.